The van der Waals surface area contributed by atoms with Crippen LogP contribution in [0.15, 0.2) is 42.5 Å². The second-order valence-electron chi connectivity index (χ2n) is 10.7. The van der Waals surface area contributed by atoms with E-state index in [2.05, 4.69) is 11.0 Å². The van der Waals surface area contributed by atoms with Crippen LogP contribution >= 0.6 is 0 Å². The molecule has 0 aromatic heterocycles. The van der Waals surface area contributed by atoms with Crippen LogP contribution < -0.4 is 18.9 Å². The lowest BCUT2D eigenvalue weighted by molar-refractivity contribution is -0.155. The maximum atomic E-state index is 12.1. The van der Waals surface area contributed by atoms with Crippen LogP contribution in [0.1, 0.15) is 45.6 Å². The highest BCUT2D eigenvalue weighted by molar-refractivity contribution is 5.70. The zero-order valence-corrected chi connectivity index (χ0v) is 20.9. The van der Waals surface area contributed by atoms with Gasteiger partial charge in [0, 0.05) is 23.6 Å². The van der Waals surface area contributed by atoms with Gasteiger partial charge < -0.3 is 28.6 Å². The molecular weight excluding hydrogens is 446 g/mol. The van der Waals surface area contributed by atoms with Gasteiger partial charge in [-0.05, 0) is 64.9 Å². The largest absolute Gasteiger partial charge is 0.492 e. The standard InChI is InChI=1S/C28H35NO6/c1-27(2,3)35-26(30)10-13-29-14-11-28(12-15-29)19-33-25-16-20(8-9-22(25)28)31-17-21-18-32-23-6-4-5-7-24(23)34-21/h4-9,16,21H,10-15,17-19H2,1-3H3. The number of piperidine rings is 1. The number of fused-ring (bicyclic) bond motifs is 3. The average molecular weight is 482 g/mol. The minimum absolute atomic E-state index is 0.0420. The maximum absolute atomic E-state index is 12.1. The summed E-state index contributed by atoms with van der Waals surface area (Å²) >= 11 is 0. The lowest BCUT2D eigenvalue weighted by Gasteiger charge is -2.38. The van der Waals surface area contributed by atoms with Crippen LogP contribution in [0.5, 0.6) is 23.0 Å². The number of carbonyl (C=O) groups is 1. The molecule has 0 saturated carbocycles. The van der Waals surface area contributed by atoms with Gasteiger partial charge in [0.2, 0.25) is 0 Å². The topological polar surface area (TPSA) is 66.5 Å². The fourth-order valence-corrected chi connectivity index (χ4v) is 5.04. The van der Waals surface area contributed by atoms with Crippen molar-refractivity contribution in [1.82, 2.24) is 4.90 Å². The van der Waals surface area contributed by atoms with Crippen molar-refractivity contribution in [3.05, 3.63) is 48.0 Å². The Kier molecular flexibility index (Phi) is 6.53. The van der Waals surface area contributed by atoms with E-state index in [1.165, 1.54) is 5.56 Å². The molecule has 35 heavy (non-hydrogen) atoms. The van der Waals surface area contributed by atoms with Gasteiger partial charge in [0.25, 0.3) is 0 Å². The number of carbonyl (C=O) groups excluding carboxylic acids is 1. The summed E-state index contributed by atoms with van der Waals surface area (Å²) in [7, 11) is 0. The van der Waals surface area contributed by atoms with Gasteiger partial charge in [-0.3, -0.25) is 4.79 Å². The van der Waals surface area contributed by atoms with Gasteiger partial charge >= 0.3 is 5.97 Å². The molecule has 3 aliphatic heterocycles. The molecule has 1 atom stereocenters. The van der Waals surface area contributed by atoms with E-state index in [1.807, 2.05) is 57.2 Å². The Morgan fingerprint density at radius 2 is 1.83 bits per heavy atom. The molecule has 1 saturated heterocycles. The zero-order valence-electron chi connectivity index (χ0n) is 20.9. The van der Waals surface area contributed by atoms with Gasteiger partial charge in [-0.25, -0.2) is 0 Å². The van der Waals surface area contributed by atoms with Crippen molar-refractivity contribution in [1.29, 1.82) is 0 Å². The Hall–Kier alpha value is -2.93. The fraction of sp³-hybridized carbons (Fsp3) is 0.536. The summed E-state index contributed by atoms with van der Waals surface area (Å²) in [5, 5.41) is 0. The smallest absolute Gasteiger partial charge is 0.307 e. The van der Waals surface area contributed by atoms with Crippen LogP contribution in [0.25, 0.3) is 0 Å². The summed E-state index contributed by atoms with van der Waals surface area (Å²) in [5.74, 6) is 3.09. The van der Waals surface area contributed by atoms with Gasteiger partial charge in [0.1, 0.15) is 30.3 Å². The van der Waals surface area contributed by atoms with Gasteiger partial charge in [-0.15, -0.1) is 0 Å². The van der Waals surface area contributed by atoms with E-state index in [1.54, 1.807) is 0 Å². The van der Waals surface area contributed by atoms with E-state index in [0.29, 0.717) is 26.2 Å². The molecule has 0 aliphatic carbocycles. The highest BCUT2D eigenvalue weighted by atomic mass is 16.6. The summed E-state index contributed by atoms with van der Waals surface area (Å²) < 4.78 is 29.4. The Morgan fingerprint density at radius 1 is 1.06 bits per heavy atom. The fourth-order valence-electron chi connectivity index (χ4n) is 5.04. The van der Waals surface area contributed by atoms with Crippen molar-refractivity contribution in [2.75, 3.05) is 39.5 Å². The molecule has 1 spiro atoms. The summed E-state index contributed by atoms with van der Waals surface area (Å²) in [4.78, 5) is 14.4. The molecule has 3 heterocycles. The number of benzene rings is 2. The van der Waals surface area contributed by atoms with Crippen LogP contribution in [0.2, 0.25) is 0 Å². The molecule has 0 bridgehead atoms. The second-order valence-corrected chi connectivity index (χ2v) is 10.7. The van der Waals surface area contributed by atoms with Crippen molar-refractivity contribution in [2.24, 2.45) is 0 Å². The first-order chi connectivity index (χ1) is 16.8. The number of hydrogen-bond acceptors (Lipinski definition) is 7. The summed E-state index contributed by atoms with van der Waals surface area (Å²) in [6.45, 7) is 9.92. The van der Waals surface area contributed by atoms with E-state index >= 15 is 0 Å². The van der Waals surface area contributed by atoms with E-state index in [4.69, 9.17) is 23.7 Å². The van der Waals surface area contributed by atoms with Gasteiger partial charge in [-0.2, -0.15) is 0 Å². The Bertz CT molecular complexity index is 1050. The van der Waals surface area contributed by atoms with Crippen molar-refractivity contribution in [3.8, 4) is 23.0 Å². The first kappa shape index (κ1) is 23.8. The van der Waals surface area contributed by atoms with Crippen LogP contribution in [-0.4, -0.2) is 62.0 Å². The average Bonchev–Trinajstić information content (AvgIpc) is 3.18. The number of esters is 1. The molecule has 7 heteroatoms. The van der Waals surface area contributed by atoms with Crippen molar-refractivity contribution < 1.29 is 28.5 Å². The quantitative estimate of drug-likeness (QED) is 0.568. The van der Waals surface area contributed by atoms with Crippen LogP contribution in [-0.2, 0) is 14.9 Å². The molecule has 1 unspecified atom stereocenters. The SMILES string of the molecule is CC(C)(C)OC(=O)CCN1CCC2(CC1)COc1cc(OCC3COc4ccccc4O3)ccc12. The molecule has 2 aromatic carbocycles. The van der Waals surface area contributed by atoms with Crippen molar-refractivity contribution in [3.63, 3.8) is 0 Å². The number of para-hydroxylation sites is 2. The lowest BCUT2D eigenvalue weighted by Crippen LogP contribution is -2.44. The number of nitrogens with zero attached hydrogens (tertiary/aromatic N) is 1. The molecule has 5 rings (SSSR count). The monoisotopic (exact) mass is 481 g/mol. The number of hydrogen-bond donors (Lipinski definition) is 0. The molecule has 0 radical (unpaired) electrons. The van der Waals surface area contributed by atoms with Gasteiger partial charge in [0.15, 0.2) is 17.6 Å². The molecule has 1 fully saturated rings. The maximum Gasteiger partial charge on any atom is 0.307 e. The number of rotatable bonds is 6. The first-order valence-electron chi connectivity index (χ1n) is 12.5. The van der Waals surface area contributed by atoms with Gasteiger partial charge in [0.05, 0.1) is 13.0 Å². The zero-order chi connectivity index (χ0) is 24.5. The summed E-state index contributed by atoms with van der Waals surface area (Å²) in [5.41, 5.74) is 0.877. The second kappa shape index (κ2) is 9.61. The van der Waals surface area contributed by atoms with E-state index in [-0.39, 0.29) is 17.5 Å². The van der Waals surface area contributed by atoms with E-state index < -0.39 is 5.60 Å². The van der Waals surface area contributed by atoms with Crippen LogP contribution in [0.4, 0.5) is 0 Å². The minimum atomic E-state index is -0.431. The van der Waals surface area contributed by atoms with E-state index in [9.17, 15) is 4.79 Å². The molecule has 0 N–H and O–H groups in total. The Labute approximate surface area is 207 Å². The molecule has 0 amide bonds. The minimum Gasteiger partial charge on any atom is -0.492 e. The normalized spacial score (nSPS) is 20.7. The number of ether oxygens (including phenoxy) is 5. The molecule has 3 aliphatic rings. The molecular formula is C28H35NO6. The van der Waals surface area contributed by atoms with Crippen LogP contribution in [0.3, 0.4) is 0 Å². The van der Waals surface area contributed by atoms with Crippen LogP contribution in [0, 0.1) is 0 Å². The predicted octanol–water partition coefficient (Wildman–Crippen LogP) is 4.36. The summed E-state index contributed by atoms with van der Waals surface area (Å²) in [6.07, 6.45) is 2.30. The predicted molar refractivity (Wildman–Crippen MR) is 132 cm³/mol. The van der Waals surface area contributed by atoms with Gasteiger partial charge in [-0.1, -0.05) is 18.2 Å². The highest BCUT2D eigenvalue weighted by Gasteiger charge is 2.43. The molecule has 188 valence electrons. The summed E-state index contributed by atoms with van der Waals surface area (Å²) in [6, 6.07) is 13.9. The lowest BCUT2D eigenvalue weighted by atomic mass is 9.74. The first-order valence-corrected chi connectivity index (χ1v) is 12.5. The third-order valence-corrected chi connectivity index (χ3v) is 6.90. The third kappa shape index (κ3) is 5.50. The van der Waals surface area contributed by atoms with Crippen molar-refractivity contribution >= 4 is 5.97 Å². The molecule has 2 aromatic rings. The third-order valence-electron chi connectivity index (χ3n) is 6.90. The number of likely N-dealkylation sites (tertiary alicyclic amines) is 1. The Morgan fingerprint density at radius 3 is 2.60 bits per heavy atom. The van der Waals surface area contributed by atoms with E-state index in [0.717, 1.165) is 55.5 Å². The Balaban J connectivity index is 1.12. The molecule has 7 nitrogen and oxygen atoms in total. The van der Waals surface area contributed by atoms with Crippen molar-refractivity contribution in [2.45, 2.75) is 57.2 Å². The highest BCUT2D eigenvalue weighted by Crippen LogP contribution is 2.46.